The highest BCUT2D eigenvalue weighted by Gasteiger charge is 2.19. The first-order valence-electron chi connectivity index (χ1n) is 7.39. The number of hydrogen-bond donors (Lipinski definition) is 2. The van der Waals surface area contributed by atoms with Gasteiger partial charge in [0.1, 0.15) is 11.6 Å². The van der Waals surface area contributed by atoms with E-state index in [1.54, 1.807) is 31.4 Å². The van der Waals surface area contributed by atoms with Crippen LogP contribution >= 0.6 is 0 Å². The van der Waals surface area contributed by atoms with Crippen LogP contribution in [0.2, 0.25) is 0 Å². The van der Waals surface area contributed by atoms with Gasteiger partial charge in [-0.2, -0.15) is 0 Å². The summed E-state index contributed by atoms with van der Waals surface area (Å²) < 4.78 is 18.1. The number of anilines is 1. The number of ether oxygens (including phenoxy) is 1. The van der Waals surface area contributed by atoms with E-state index in [9.17, 15) is 14.0 Å². The SMILES string of the molecule is COc1ccc(NC(=O)C[C@@H](CC(=O)O)c2ccc(F)cc2)cc1. The minimum atomic E-state index is -1.01. The predicted molar refractivity (Wildman–Crippen MR) is 87.6 cm³/mol. The lowest BCUT2D eigenvalue weighted by Crippen LogP contribution is -2.17. The van der Waals surface area contributed by atoms with Crippen LogP contribution in [0.4, 0.5) is 10.1 Å². The summed E-state index contributed by atoms with van der Waals surface area (Å²) in [5, 5.41) is 11.8. The van der Waals surface area contributed by atoms with Crippen molar-refractivity contribution in [2.45, 2.75) is 18.8 Å². The standard InChI is InChI=1S/C18H18FNO4/c1-24-16-8-6-15(7-9-16)20-17(21)10-13(11-18(22)23)12-2-4-14(19)5-3-12/h2-9,13H,10-11H2,1H3,(H,20,21)(H,22,23)/t13-/m0/s1. The van der Waals surface area contributed by atoms with Crippen LogP contribution in [-0.2, 0) is 9.59 Å². The average molecular weight is 331 g/mol. The smallest absolute Gasteiger partial charge is 0.303 e. The second kappa shape index (κ2) is 8.10. The Balaban J connectivity index is 2.05. The molecule has 0 bridgehead atoms. The van der Waals surface area contributed by atoms with Crippen molar-refractivity contribution in [1.82, 2.24) is 0 Å². The van der Waals surface area contributed by atoms with Gasteiger partial charge in [-0.15, -0.1) is 0 Å². The molecule has 24 heavy (non-hydrogen) atoms. The average Bonchev–Trinajstić information content (AvgIpc) is 2.55. The maximum Gasteiger partial charge on any atom is 0.303 e. The second-order valence-corrected chi connectivity index (χ2v) is 5.33. The van der Waals surface area contributed by atoms with Gasteiger partial charge in [0, 0.05) is 18.0 Å². The second-order valence-electron chi connectivity index (χ2n) is 5.33. The molecule has 0 unspecified atom stereocenters. The number of benzene rings is 2. The van der Waals surface area contributed by atoms with Crippen molar-refractivity contribution < 1.29 is 23.8 Å². The first-order valence-corrected chi connectivity index (χ1v) is 7.39. The van der Waals surface area contributed by atoms with E-state index in [0.29, 0.717) is 17.0 Å². The zero-order chi connectivity index (χ0) is 17.5. The van der Waals surface area contributed by atoms with Crippen LogP contribution in [0.1, 0.15) is 24.3 Å². The van der Waals surface area contributed by atoms with Crippen LogP contribution in [0.15, 0.2) is 48.5 Å². The number of hydrogen-bond acceptors (Lipinski definition) is 3. The summed E-state index contributed by atoms with van der Waals surface area (Å²) in [6, 6.07) is 12.3. The molecule has 1 atom stereocenters. The van der Waals surface area contributed by atoms with Crippen molar-refractivity contribution in [3.05, 3.63) is 59.9 Å². The lowest BCUT2D eigenvalue weighted by atomic mass is 9.92. The van der Waals surface area contributed by atoms with Gasteiger partial charge in [0.2, 0.25) is 5.91 Å². The summed E-state index contributed by atoms with van der Waals surface area (Å²) in [7, 11) is 1.55. The van der Waals surface area contributed by atoms with Gasteiger partial charge in [-0.1, -0.05) is 12.1 Å². The van der Waals surface area contributed by atoms with E-state index in [0.717, 1.165) is 0 Å². The Morgan fingerprint density at radius 2 is 1.71 bits per heavy atom. The molecule has 0 heterocycles. The van der Waals surface area contributed by atoms with E-state index in [2.05, 4.69) is 5.32 Å². The lowest BCUT2D eigenvalue weighted by molar-refractivity contribution is -0.137. The molecule has 0 saturated heterocycles. The molecule has 1 amide bonds. The van der Waals surface area contributed by atoms with Crippen molar-refractivity contribution in [3.8, 4) is 5.75 Å². The van der Waals surface area contributed by atoms with E-state index >= 15 is 0 Å². The molecule has 126 valence electrons. The highest BCUT2D eigenvalue weighted by molar-refractivity contribution is 5.91. The van der Waals surface area contributed by atoms with E-state index in [4.69, 9.17) is 9.84 Å². The monoisotopic (exact) mass is 331 g/mol. The Morgan fingerprint density at radius 3 is 2.25 bits per heavy atom. The summed E-state index contributed by atoms with van der Waals surface area (Å²) >= 11 is 0. The number of halogens is 1. The number of nitrogens with one attached hydrogen (secondary N) is 1. The van der Waals surface area contributed by atoms with Crippen LogP contribution < -0.4 is 10.1 Å². The van der Waals surface area contributed by atoms with Gasteiger partial charge in [0.25, 0.3) is 0 Å². The summed E-state index contributed by atoms with van der Waals surface area (Å²) in [5.74, 6) is -1.59. The van der Waals surface area contributed by atoms with Crippen molar-refractivity contribution in [3.63, 3.8) is 0 Å². The predicted octanol–water partition coefficient (Wildman–Crippen LogP) is 3.42. The normalized spacial score (nSPS) is 11.6. The number of carboxylic acids is 1. The van der Waals surface area contributed by atoms with E-state index in [1.165, 1.54) is 24.3 Å². The molecular weight excluding hydrogens is 313 g/mol. The van der Waals surface area contributed by atoms with Crippen LogP contribution in [0.3, 0.4) is 0 Å². The van der Waals surface area contributed by atoms with Gasteiger partial charge in [0.05, 0.1) is 13.5 Å². The highest BCUT2D eigenvalue weighted by atomic mass is 19.1. The minimum absolute atomic E-state index is 0.00996. The third-order valence-electron chi connectivity index (χ3n) is 3.57. The summed E-state index contributed by atoms with van der Waals surface area (Å²) in [6.07, 6.45) is -0.217. The summed E-state index contributed by atoms with van der Waals surface area (Å²) in [6.45, 7) is 0. The molecule has 2 rings (SSSR count). The first-order chi connectivity index (χ1) is 11.5. The minimum Gasteiger partial charge on any atom is -0.497 e. The van der Waals surface area contributed by atoms with Crippen molar-refractivity contribution >= 4 is 17.6 Å². The van der Waals surface area contributed by atoms with Crippen LogP contribution in [-0.4, -0.2) is 24.1 Å². The third-order valence-corrected chi connectivity index (χ3v) is 3.57. The molecule has 0 aliphatic carbocycles. The maximum absolute atomic E-state index is 13.0. The number of carbonyl (C=O) groups excluding carboxylic acids is 1. The fourth-order valence-electron chi connectivity index (χ4n) is 2.36. The van der Waals surface area contributed by atoms with Crippen molar-refractivity contribution in [2.75, 3.05) is 12.4 Å². The van der Waals surface area contributed by atoms with Crippen LogP contribution in [0, 0.1) is 5.82 Å². The molecule has 0 saturated carbocycles. The summed E-state index contributed by atoms with van der Waals surface area (Å²) in [4.78, 5) is 23.2. The van der Waals surface area contributed by atoms with Gasteiger partial charge in [-0.05, 0) is 42.0 Å². The number of methoxy groups -OCH3 is 1. The molecule has 2 aromatic carbocycles. The molecule has 2 N–H and O–H groups in total. The number of amides is 1. The zero-order valence-corrected chi connectivity index (χ0v) is 13.2. The maximum atomic E-state index is 13.0. The molecule has 0 spiro atoms. The molecule has 0 aliphatic rings. The Bertz CT molecular complexity index is 698. The largest absolute Gasteiger partial charge is 0.497 e. The molecule has 0 radical (unpaired) electrons. The highest BCUT2D eigenvalue weighted by Crippen LogP contribution is 2.25. The van der Waals surface area contributed by atoms with Gasteiger partial charge in [0.15, 0.2) is 0 Å². The molecule has 0 aliphatic heterocycles. The Labute approximate surface area is 139 Å². The molecular formula is C18H18FNO4. The molecule has 0 fully saturated rings. The van der Waals surface area contributed by atoms with E-state index < -0.39 is 17.7 Å². The number of rotatable bonds is 7. The lowest BCUT2D eigenvalue weighted by Gasteiger charge is -2.15. The molecule has 0 aromatic heterocycles. The Kier molecular flexibility index (Phi) is 5.89. The Morgan fingerprint density at radius 1 is 1.08 bits per heavy atom. The van der Waals surface area contributed by atoms with E-state index in [-0.39, 0.29) is 18.7 Å². The first kappa shape index (κ1) is 17.5. The van der Waals surface area contributed by atoms with Crippen molar-refractivity contribution in [2.24, 2.45) is 0 Å². The Hall–Kier alpha value is -2.89. The molecule has 2 aromatic rings. The van der Waals surface area contributed by atoms with Crippen LogP contribution in [0.5, 0.6) is 5.75 Å². The fraction of sp³-hybridized carbons (Fsp3) is 0.222. The third kappa shape index (κ3) is 5.08. The fourth-order valence-corrected chi connectivity index (χ4v) is 2.36. The molecule has 6 heteroatoms. The number of aliphatic carboxylic acids is 1. The van der Waals surface area contributed by atoms with Crippen LogP contribution in [0.25, 0.3) is 0 Å². The van der Waals surface area contributed by atoms with Gasteiger partial charge in [-0.3, -0.25) is 9.59 Å². The summed E-state index contributed by atoms with van der Waals surface area (Å²) in [5.41, 5.74) is 1.21. The number of carboxylic acid groups (broad SMARTS) is 1. The van der Waals surface area contributed by atoms with E-state index in [1.807, 2.05) is 0 Å². The van der Waals surface area contributed by atoms with Gasteiger partial charge >= 0.3 is 5.97 Å². The quantitative estimate of drug-likeness (QED) is 0.815. The topological polar surface area (TPSA) is 75.6 Å². The molecule has 5 nitrogen and oxygen atoms in total. The van der Waals surface area contributed by atoms with Gasteiger partial charge < -0.3 is 15.2 Å². The van der Waals surface area contributed by atoms with Crippen molar-refractivity contribution in [1.29, 1.82) is 0 Å². The van der Waals surface area contributed by atoms with Gasteiger partial charge in [-0.25, -0.2) is 4.39 Å². The number of carbonyl (C=O) groups is 2. The zero-order valence-electron chi connectivity index (χ0n) is 13.2.